The first kappa shape index (κ1) is 17.0. The molecule has 24 heavy (non-hydrogen) atoms. The highest BCUT2D eigenvalue weighted by molar-refractivity contribution is 5.91. The second-order valence-electron chi connectivity index (χ2n) is 4.92. The van der Waals surface area contributed by atoms with Crippen molar-refractivity contribution < 1.29 is 30.0 Å². The fourth-order valence-electron chi connectivity index (χ4n) is 1.96. The molecule has 0 heterocycles. The van der Waals surface area contributed by atoms with E-state index in [1.807, 2.05) is 0 Å². The number of hydrogen-bond donors (Lipinski definition) is 5. The van der Waals surface area contributed by atoms with Crippen LogP contribution in [0.1, 0.15) is 11.1 Å². The second kappa shape index (κ2) is 7.28. The molecule has 0 atom stereocenters. The molecule has 2 aromatic rings. The van der Waals surface area contributed by atoms with E-state index in [1.54, 1.807) is 12.1 Å². The van der Waals surface area contributed by atoms with E-state index in [-0.39, 0.29) is 17.9 Å². The van der Waals surface area contributed by atoms with Crippen LogP contribution >= 0.6 is 0 Å². The maximum atomic E-state index is 11.8. The molecule has 7 heteroatoms. The molecule has 7 nitrogen and oxygen atoms in total. The van der Waals surface area contributed by atoms with Gasteiger partial charge in [-0.25, -0.2) is 0 Å². The van der Waals surface area contributed by atoms with Crippen LogP contribution in [0.5, 0.6) is 28.7 Å². The standard InChI is InChI=1S/C17H17NO6/c1-24-14-8-10(2-5-12(14)19)3-7-15(21)18-9-11-4-6-13(20)17(23)16(11)22/h2-8,19-20,22-23H,9H2,1H3,(H,18,21)/b7-3+. The molecular formula is C17H17NO6. The van der Waals surface area contributed by atoms with Gasteiger partial charge < -0.3 is 30.5 Å². The quantitative estimate of drug-likeness (QED) is 0.421. The second-order valence-corrected chi connectivity index (χ2v) is 4.92. The summed E-state index contributed by atoms with van der Waals surface area (Å²) in [4.78, 5) is 11.8. The van der Waals surface area contributed by atoms with Gasteiger partial charge >= 0.3 is 0 Å². The molecule has 5 N–H and O–H groups in total. The van der Waals surface area contributed by atoms with Crippen molar-refractivity contribution in [1.82, 2.24) is 5.32 Å². The Morgan fingerprint density at radius 1 is 1.08 bits per heavy atom. The molecule has 0 aliphatic carbocycles. The van der Waals surface area contributed by atoms with Crippen molar-refractivity contribution in [3.63, 3.8) is 0 Å². The van der Waals surface area contributed by atoms with Crippen molar-refractivity contribution in [1.29, 1.82) is 0 Å². The number of aromatic hydroxyl groups is 4. The van der Waals surface area contributed by atoms with Gasteiger partial charge in [0, 0.05) is 18.2 Å². The lowest BCUT2D eigenvalue weighted by Gasteiger charge is -2.08. The normalized spacial score (nSPS) is 10.7. The van der Waals surface area contributed by atoms with Crippen LogP contribution in [0.2, 0.25) is 0 Å². The molecule has 0 aromatic heterocycles. The van der Waals surface area contributed by atoms with E-state index in [4.69, 9.17) is 4.74 Å². The molecule has 2 rings (SSSR count). The molecule has 2 aromatic carbocycles. The van der Waals surface area contributed by atoms with E-state index in [1.165, 1.54) is 37.5 Å². The number of hydrogen-bond acceptors (Lipinski definition) is 6. The monoisotopic (exact) mass is 331 g/mol. The first-order valence-electron chi connectivity index (χ1n) is 6.98. The molecule has 0 unspecified atom stereocenters. The molecule has 0 radical (unpaired) electrons. The summed E-state index contributed by atoms with van der Waals surface area (Å²) in [5, 5.41) is 40.4. The van der Waals surface area contributed by atoms with Crippen molar-refractivity contribution in [2.24, 2.45) is 0 Å². The van der Waals surface area contributed by atoms with E-state index >= 15 is 0 Å². The van der Waals surface area contributed by atoms with Gasteiger partial charge in [-0.1, -0.05) is 6.07 Å². The molecule has 0 saturated heterocycles. The number of ether oxygens (including phenoxy) is 1. The maximum Gasteiger partial charge on any atom is 0.244 e. The molecule has 0 bridgehead atoms. The number of phenols is 4. The van der Waals surface area contributed by atoms with Crippen LogP contribution in [0.15, 0.2) is 36.4 Å². The smallest absolute Gasteiger partial charge is 0.244 e. The largest absolute Gasteiger partial charge is 0.504 e. The zero-order valence-electron chi connectivity index (χ0n) is 12.9. The summed E-state index contributed by atoms with van der Waals surface area (Å²) in [6.07, 6.45) is 2.81. The Balaban J connectivity index is 2.00. The fraction of sp³-hybridized carbons (Fsp3) is 0.118. The van der Waals surface area contributed by atoms with Crippen LogP contribution in [-0.2, 0) is 11.3 Å². The number of nitrogens with one attached hydrogen (secondary N) is 1. The molecule has 0 aliphatic rings. The predicted molar refractivity (Wildman–Crippen MR) is 87.0 cm³/mol. The van der Waals surface area contributed by atoms with Crippen molar-refractivity contribution in [2.45, 2.75) is 6.54 Å². The molecule has 1 amide bonds. The summed E-state index contributed by atoms with van der Waals surface area (Å²) in [7, 11) is 1.43. The third-order valence-corrected chi connectivity index (χ3v) is 3.30. The lowest BCUT2D eigenvalue weighted by atomic mass is 10.1. The van der Waals surface area contributed by atoms with Crippen LogP contribution < -0.4 is 10.1 Å². The van der Waals surface area contributed by atoms with E-state index in [2.05, 4.69) is 5.32 Å². The Kier molecular flexibility index (Phi) is 5.16. The average molecular weight is 331 g/mol. The Morgan fingerprint density at radius 2 is 1.79 bits per heavy atom. The summed E-state index contributed by atoms with van der Waals surface area (Å²) >= 11 is 0. The summed E-state index contributed by atoms with van der Waals surface area (Å²) in [6, 6.07) is 7.25. The first-order chi connectivity index (χ1) is 11.4. The van der Waals surface area contributed by atoms with Gasteiger partial charge in [-0.3, -0.25) is 4.79 Å². The summed E-state index contributed by atoms with van der Waals surface area (Å²) < 4.78 is 4.98. The number of carbonyl (C=O) groups excluding carboxylic acids is 1. The fourth-order valence-corrected chi connectivity index (χ4v) is 1.96. The highest BCUT2D eigenvalue weighted by atomic mass is 16.5. The third kappa shape index (κ3) is 3.89. The number of amides is 1. The van der Waals surface area contributed by atoms with E-state index in [0.717, 1.165) is 0 Å². The molecule has 126 valence electrons. The molecule has 0 spiro atoms. The van der Waals surface area contributed by atoms with Crippen molar-refractivity contribution in [3.8, 4) is 28.7 Å². The first-order valence-corrected chi connectivity index (χ1v) is 6.98. The van der Waals surface area contributed by atoms with Gasteiger partial charge in [0.2, 0.25) is 11.7 Å². The van der Waals surface area contributed by atoms with Crippen molar-refractivity contribution in [2.75, 3.05) is 7.11 Å². The highest BCUT2D eigenvalue weighted by Gasteiger charge is 2.11. The topological polar surface area (TPSA) is 119 Å². The summed E-state index contributed by atoms with van der Waals surface area (Å²) in [6.45, 7) is -0.0260. The van der Waals surface area contributed by atoms with Gasteiger partial charge in [0.25, 0.3) is 0 Å². The third-order valence-electron chi connectivity index (χ3n) is 3.30. The van der Waals surface area contributed by atoms with E-state index in [0.29, 0.717) is 11.3 Å². The van der Waals surface area contributed by atoms with Gasteiger partial charge in [0.1, 0.15) is 0 Å². The number of benzene rings is 2. The summed E-state index contributed by atoms with van der Waals surface area (Å²) in [5.41, 5.74) is 0.920. The van der Waals surface area contributed by atoms with Gasteiger partial charge in [-0.15, -0.1) is 0 Å². The minimum atomic E-state index is -0.631. The van der Waals surface area contributed by atoms with Crippen LogP contribution in [0.4, 0.5) is 0 Å². The van der Waals surface area contributed by atoms with Gasteiger partial charge in [-0.05, 0) is 35.9 Å². The van der Waals surface area contributed by atoms with Crippen molar-refractivity contribution in [3.05, 3.63) is 47.5 Å². The lowest BCUT2D eigenvalue weighted by Crippen LogP contribution is -2.20. The number of carbonyl (C=O) groups is 1. The minimum Gasteiger partial charge on any atom is -0.504 e. The van der Waals surface area contributed by atoms with Crippen LogP contribution in [0.25, 0.3) is 6.08 Å². The molecular weight excluding hydrogens is 314 g/mol. The highest BCUT2D eigenvalue weighted by Crippen LogP contribution is 2.36. The van der Waals surface area contributed by atoms with Gasteiger partial charge in [0.05, 0.1) is 7.11 Å². The SMILES string of the molecule is COc1cc(/C=C/C(=O)NCc2ccc(O)c(O)c2O)ccc1O. The van der Waals surface area contributed by atoms with E-state index in [9.17, 15) is 25.2 Å². The van der Waals surface area contributed by atoms with Gasteiger partial charge in [-0.2, -0.15) is 0 Å². The molecule has 0 fully saturated rings. The Hall–Kier alpha value is -3.35. The Bertz CT molecular complexity index is 785. The lowest BCUT2D eigenvalue weighted by molar-refractivity contribution is -0.116. The van der Waals surface area contributed by atoms with Crippen LogP contribution in [0, 0.1) is 0 Å². The minimum absolute atomic E-state index is 0.00159. The zero-order chi connectivity index (χ0) is 17.7. The van der Waals surface area contributed by atoms with Crippen molar-refractivity contribution >= 4 is 12.0 Å². The zero-order valence-corrected chi connectivity index (χ0v) is 12.9. The number of rotatable bonds is 5. The van der Waals surface area contributed by atoms with Gasteiger partial charge in [0.15, 0.2) is 23.0 Å². The van der Waals surface area contributed by atoms with E-state index < -0.39 is 23.2 Å². The summed E-state index contributed by atoms with van der Waals surface area (Å²) in [5.74, 6) is -1.68. The Labute approximate surface area is 138 Å². The Morgan fingerprint density at radius 3 is 2.50 bits per heavy atom. The van der Waals surface area contributed by atoms with Crippen LogP contribution in [0.3, 0.4) is 0 Å². The predicted octanol–water partition coefficient (Wildman–Crippen LogP) is 1.85. The average Bonchev–Trinajstić information content (AvgIpc) is 2.58. The molecule has 0 aliphatic heterocycles. The van der Waals surface area contributed by atoms with Crippen LogP contribution in [-0.4, -0.2) is 33.4 Å². The number of phenolic OH excluding ortho intramolecular Hbond substituents is 4. The molecule has 0 saturated carbocycles. The maximum absolute atomic E-state index is 11.8. The number of methoxy groups -OCH3 is 1.